The maximum absolute atomic E-state index is 12.0. The van der Waals surface area contributed by atoms with Gasteiger partial charge in [-0.25, -0.2) is 0 Å². The Morgan fingerprint density at radius 2 is 2.16 bits per heavy atom. The third kappa shape index (κ3) is 3.68. The summed E-state index contributed by atoms with van der Waals surface area (Å²) in [5.41, 5.74) is 6.42. The topological polar surface area (TPSA) is 78.1 Å². The summed E-state index contributed by atoms with van der Waals surface area (Å²) in [5.74, 6) is -0.285. The van der Waals surface area contributed by atoms with Crippen LogP contribution in [-0.4, -0.2) is 22.8 Å². The number of nitrogens with zero attached hydrogens (tertiary/aromatic N) is 2. The van der Waals surface area contributed by atoms with Crippen molar-refractivity contribution in [2.75, 3.05) is 12.3 Å². The molecule has 100 valence electrons. The molecular formula is C12H13N3O2S2. The van der Waals surface area contributed by atoms with Gasteiger partial charge in [0.25, 0.3) is 0 Å². The van der Waals surface area contributed by atoms with Gasteiger partial charge in [-0.15, -0.1) is 10.2 Å². The van der Waals surface area contributed by atoms with Crippen molar-refractivity contribution in [1.29, 1.82) is 0 Å². The van der Waals surface area contributed by atoms with Crippen LogP contribution in [-0.2, 0) is 9.53 Å². The van der Waals surface area contributed by atoms with E-state index in [0.29, 0.717) is 16.1 Å². The Bertz CT molecular complexity index is 545. The van der Waals surface area contributed by atoms with Crippen LogP contribution >= 0.6 is 23.1 Å². The van der Waals surface area contributed by atoms with E-state index >= 15 is 0 Å². The number of carbonyl (C=O) groups is 1. The fourth-order valence-corrected chi connectivity index (χ4v) is 3.29. The van der Waals surface area contributed by atoms with Crippen LogP contribution in [0.2, 0.25) is 0 Å². The van der Waals surface area contributed by atoms with Crippen molar-refractivity contribution in [2.45, 2.75) is 16.5 Å². The predicted molar refractivity (Wildman–Crippen MR) is 76.0 cm³/mol. The van der Waals surface area contributed by atoms with Gasteiger partial charge in [-0.05, 0) is 12.5 Å². The zero-order chi connectivity index (χ0) is 13.7. The number of nitrogens with two attached hydrogens (primary N) is 1. The van der Waals surface area contributed by atoms with E-state index in [2.05, 4.69) is 10.2 Å². The summed E-state index contributed by atoms with van der Waals surface area (Å²) in [5, 5.41) is 7.60. The number of thioether (sulfide) groups is 1. The molecule has 0 aliphatic carbocycles. The molecule has 0 saturated heterocycles. The fraction of sp³-hybridized carbons (Fsp3) is 0.250. The Kier molecular flexibility index (Phi) is 4.75. The smallest absolute Gasteiger partial charge is 0.324 e. The second-order valence-electron chi connectivity index (χ2n) is 3.57. The SMILES string of the molecule is CCOC(=O)C(Sc1nnc(N)s1)c1ccccc1. The minimum Gasteiger partial charge on any atom is -0.465 e. The lowest BCUT2D eigenvalue weighted by atomic mass is 10.1. The van der Waals surface area contributed by atoms with E-state index in [9.17, 15) is 4.79 Å². The second-order valence-corrected chi connectivity index (χ2v) is 5.93. The molecule has 1 unspecified atom stereocenters. The first-order chi connectivity index (χ1) is 9.20. The summed E-state index contributed by atoms with van der Waals surface area (Å²) in [6, 6.07) is 9.45. The average molecular weight is 295 g/mol. The van der Waals surface area contributed by atoms with Crippen molar-refractivity contribution >= 4 is 34.2 Å². The first-order valence-electron chi connectivity index (χ1n) is 5.68. The van der Waals surface area contributed by atoms with E-state index in [0.717, 1.165) is 5.56 Å². The zero-order valence-corrected chi connectivity index (χ0v) is 11.9. The van der Waals surface area contributed by atoms with Gasteiger partial charge >= 0.3 is 5.97 Å². The lowest BCUT2D eigenvalue weighted by molar-refractivity contribution is -0.142. The molecule has 1 heterocycles. The first-order valence-corrected chi connectivity index (χ1v) is 7.37. The fourth-order valence-electron chi connectivity index (χ4n) is 1.47. The molecule has 0 fully saturated rings. The highest BCUT2D eigenvalue weighted by molar-refractivity contribution is 8.01. The normalized spacial score (nSPS) is 12.1. The lowest BCUT2D eigenvalue weighted by Crippen LogP contribution is -2.13. The number of ether oxygens (including phenoxy) is 1. The Hall–Kier alpha value is -1.60. The minimum atomic E-state index is -0.450. The number of anilines is 1. The second kappa shape index (κ2) is 6.53. The summed E-state index contributed by atoms with van der Waals surface area (Å²) >= 11 is 2.56. The van der Waals surface area contributed by atoms with Crippen LogP contribution in [0.15, 0.2) is 34.7 Å². The number of benzene rings is 1. The molecule has 7 heteroatoms. The van der Waals surface area contributed by atoms with Crippen LogP contribution in [0.3, 0.4) is 0 Å². The highest BCUT2D eigenvalue weighted by Gasteiger charge is 2.24. The highest BCUT2D eigenvalue weighted by atomic mass is 32.2. The quantitative estimate of drug-likeness (QED) is 0.674. The monoisotopic (exact) mass is 295 g/mol. The van der Waals surface area contributed by atoms with Crippen molar-refractivity contribution in [3.8, 4) is 0 Å². The standard InChI is InChI=1S/C12H13N3O2S2/c1-2-17-10(16)9(8-6-4-3-5-7-8)18-12-15-14-11(13)19-12/h3-7,9H,2H2,1H3,(H2,13,14). The number of carbonyl (C=O) groups excluding carboxylic acids is 1. The summed E-state index contributed by atoms with van der Waals surface area (Å²) in [6.45, 7) is 2.13. The van der Waals surface area contributed by atoms with E-state index in [-0.39, 0.29) is 5.97 Å². The zero-order valence-electron chi connectivity index (χ0n) is 10.3. The molecule has 0 saturated carbocycles. The lowest BCUT2D eigenvalue weighted by Gasteiger charge is -2.13. The minimum absolute atomic E-state index is 0.285. The molecule has 2 aromatic rings. The first kappa shape index (κ1) is 13.8. The number of nitrogen functional groups attached to an aromatic ring is 1. The molecule has 5 nitrogen and oxygen atoms in total. The molecule has 0 radical (unpaired) electrons. The third-order valence-corrected chi connectivity index (χ3v) is 4.31. The highest BCUT2D eigenvalue weighted by Crippen LogP contribution is 2.37. The summed E-state index contributed by atoms with van der Waals surface area (Å²) in [6.07, 6.45) is 0. The number of aromatic nitrogens is 2. The van der Waals surface area contributed by atoms with Gasteiger partial charge in [-0.1, -0.05) is 53.4 Å². The van der Waals surface area contributed by atoms with Crippen molar-refractivity contribution in [1.82, 2.24) is 10.2 Å². The number of rotatable bonds is 5. The predicted octanol–water partition coefficient (Wildman–Crippen LogP) is 2.52. The van der Waals surface area contributed by atoms with Crippen LogP contribution in [0.5, 0.6) is 0 Å². The van der Waals surface area contributed by atoms with Crippen molar-refractivity contribution in [2.24, 2.45) is 0 Å². The number of hydrogen-bond acceptors (Lipinski definition) is 7. The maximum Gasteiger partial charge on any atom is 0.324 e. The van der Waals surface area contributed by atoms with Crippen molar-refractivity contribution in [3.63, 3.8) is 0 Å². The van der Waals surface area contributed by atoms with Crippen molar-refractivity contribution in [3.05, 3.63) is 35.9 Å². The number of hydrogen-bond donors (Lipinski definition) is 1. The van der Waals surface area contributed by atoms with Gasteiger partial charge in [0, 0.05) is 0 Å². The van der Waals surface area contributed by atoms with Crippen LogP contribution in [0.25, 0.3) is 0 Å². The van der Waals surface area contributed by atoms with E-state index in [1.54, 1.807) is 6.92 Å². The van der Waals surface area contributed by atoms with Gasteiger partial charge in [0.15, 0.2) is 4.34 Å². The van der Waals surface area contributed by atoms with Gasteiger partial charge in [0.05, 0.1) is 6.61 Å². The molecule has 1 aromatic heterocycles. The van der Waals surface area contributed by atoms with Gasteiger partial charge in [0.1, 0.15) is 5.25 Å². The van der Waals surface area contributed by atoms with E-state index < -0.39 is 5.25 Å². The van der Waals surface area contributed by atoms with Gasteiger partial charge in [-0.2, -0.15) is 0 Å². The molecule has 0 aliphatic rings. The average Bonchev–Trinajstić information content (AvgIpc) is 2.83. The van der Waals surface area contributed by atoms with Crippen LogP contribution in [0.4, 0.5) is 5.13 Å². The molecule has 19 heavy (non-hydrogen) atoms. The maximum atomic E-state index is 12.0. The molecule has 0 spiro atoms. The molecule has 0 amide bonds. The molecular weight excluding hydrogens is 282 g/mol. The molecule has 1 aromatic carbocycles. The van der Waals surface area contributed by atoms with E-state index in [1.165, 1.54) is 23.1 Å². The van der Waals surface area contributed by atoms with Crippen LogP contribution in [0, 0.1) is 0 Å². The van der Waals surface area contributed by atoms with Gasteiger partial charge in [-0.3, -0.25) is 4.79 Å². The Morgan fingerprint density at radius 1 is 1.42 bits per heavy atom. The van der Waals surface area contributed by atoms with Crippen LogP contribution < -0.4 is 5.73 Å². The molecule has 0 aliphatic heterocycles. The third-order valence-electron chi connectivity index (χ3n) is 2.24. The summed E-state index contributed by atoms with van der Waals surface area (Å²) in [4.78, 5) is 12.0. The number of esters is 1. The largest absolute Gasteiger partial charge is 0.465 e. The molecule has 1 atom stereocenters. The summed E-state index contributed by atoms with van der Waals surface area (Å²) in [7, 11) is 0. The Morgan fingerprint density at radius 3 is 2.74 bits per heavy atom. The molecule has 0 bridgehead atoms. The van der Waals surface area contributed by atoms with E-state index in [1.807, 2.05) is 30.3 Å². The molecule has 2 rings (SSSR count). The molecule has 2 N–H and O–H groups in total. The van der Waals surface area contributed by atoms with Gasteiger partial charge in [0.2, 0.25) is 5.13 Å². The van der Waals surface area contributed by atoms with Gasteiger partial charge < -0.3 is 10.5 Å². The van der Waals surface area contributed by atoms with E-state index in [4.69, 9.17) is 10.5 Å². The Labute approximate surface area is 119 Å². The van der Waals surface area contributed by atoms with Crippen LogP contribution in [0.1, 0.15) is 17.7 Å². The van der Waals surface area contributed by atoms with Crippen molar-refractivity contribution < 1.29 is 9.53 Å². The summed E-state index contributed by atoms with van der Waals surface area (Å²) < 4.78 is 5.76. The Balaban J connectivity index is 2.22.